The van der Waals surface area contributed by atoms with Crippen molar-refractivity contribution in [1.29, 1.82) is 0 Å². The number of ether oxygens (including phenoxy) is 1. The summed E-state index contributed by atoms with van der Waals surface area (Å²) in [6.07, 6.45) is 1.51. The molecule has 30 heavy (non-hydrogen) atoms. The van der Waals surface area contributed by atoms with Crippen LogP contribution in [0.3, 0.4) is 0 Å². The molecule has 0 heterocycles. The van der Waals surface area contributed by atoms with E-state index in [2.05, 4.69) is 15.2 Å². The van der Waals surface area contributed by atoms with Gasteiger partial charge in [0.15, 0.2) is 0 Å². The normalized spacial score (nSPS) is 11.3. The molecule has 0 atom stereocenters. The highest BCUT2D eigenvalue weighted by Crippen LogP contribution is 2.18. The summed E-state index contributed by atoms with van der Waals surface area (Å²) >= 11 is 5.78. The Morgan fingerprint density at radius 2 is 1.60 bits per heavy atom. The molecule has 0 saturated carbocycles. The van der Waals surface area contributed by atoms with Crippen molar-refractivity contribution in [2.24, 2.45) is 5.10 Å². The maximum atomic E-state index is 12.4. The first-order valence-electron chi connectivity index (χ1n) is 8.73. The van der Waals surface area contributed by atoms with Crippen LogP contribution in [0.15, 0.2) is 82.8 Å². The van der Waals surface area contributed by atoms with Crippen molar-refractivity contribution in [3.63, 3.8) is 0 Å². The molecule has 0 spiro atoms. The van der Waals surface area contributed by atoms with Crippen LogP contribution >= 0.6 is 11.6 Å². The Kier molecular flexibility index (Phi) is 6.71. The van der Waals surface area contributed by atoms with Gasteiger partial charge in [0.2, 0.25) is 0 Å². The molecule has 0 aliphatic heterocycles. The number of hydrazone groups is 1. The predicted octanol–water partition coefficient (Wildman–Crippen LogP) is 3.91. The van der Waals surface area contributed by atoms with Gasteiger partial charge in [0.05, 0.1) is 18.2 Å². The van der Waals surface area contributed by atoms with E-state index in [1.54, 1.807) is 31.4 Å². The molecule has 0 aliphatic carbocycles. The molecule has 0 radical (unpaired) electrons. The lowest BCUT2D eigenvalue weighted by Crippen LogP contribution is -2.18. The number of sulfonamides is 1. The summed E-state index contributed by atoms with van der Waals surface area (Å²) in [6, 6.07) is 19.0. The Morgan fingerprint density at radius 3 is 2.20 bits per heavy atom. The van der Waals surface area contributed by atoms with Gasteiger partial charge >= 0.3 is 0 Å². The Morgan fingerprint density at radius 1 is 0.967 bits per heavy atom. The quantitative estimate of drug-likeness (QED) is 0.427. The molecular weight excluding hydrogens is 426 g/mol. The molecule has 0 saturated heterocycles. The molecule has 9 heteroatoms. The number of halogens is 1. The number of carbonyl (C=O) groups excluding carboxylic acids is 1. The van der Waals surface area contributed by atoms with Gasteiger partial charge in [0, 0.05) is 16.3 Å². The molecule has 0 unspecified atom stereocenters. The number of methoxy groups -OCH3 is 1. The Hall–Kier alpha value is -3.36. The molecular formula is C21H18ClN3O4S. The number of hydrogen-bond acceptors (Lipinski definition) is 5. The second-order valence-electron chi connectivity index (χ2n) is 6.11. The van der Waals surface area contributed by atoms with E-state index < -0.39 is 15.9 Å². The lowest BCUT2D eigenvalue weighted by atomic mass is 10.2. The summed E-state index contributed by atoms with van der Waals surface area (Å²) in [7, 11) is -2.17. The van der Waals surface area contributed by atoms with Gasteiger partial charge in [-0.1, -0.05) is 11.6 Å². The van der Waals surface area contributed by atoms with E-state index in [-0.39, 0.29) is 4.90 Å². The minimum atomic E-state index is -3.75. The monoisotopic (exact) mass is 443 g/mol. The van der Waals surface area contributed by atoms with Crippen molar-refractivity contribution in [1.82, 2.24) is 5.43 Å². The zero-order chi connectivity index (χ0) is 21.6. The van der Waals surface area contributed by atoms with Crippen molar-refractivity contribution in [2.75, 3.05) is 11.8 Å². The molecule has 154 valence electrons. The molecule has 0 aliphatic rings. The summed E-state index contributed by atoms with van der Waals surface area (Å²) in [4.78, 5) is 12.3. The SMILES string of the molecule is COc1ccc(C=NNC(=O)c2ccc(NS(=O)(=O)c3ccc(Cl)cc3)cc2)cc1. The molecule has 0 aromatic heterocycles. The third-order valence-corrected chi connectivity index (χ3v) is 5.67. The fraction of sp³-hybridized carbons (Fsp3) is 0.0476. The van der Waals surface area contributed by atoms with Gasteiger partial charge in [-0.3, -0.25) is 9.52 Å². The minimum Gasteiger partial charge on any atom is -0.497 e. The molecule has 0 bridgehead atoms. The van der Waals surface area contributed by atoms with Crippen molar-refractivity contribution >= 4 is 39.4 Å². The van der Waals surface area contributed by atoms with Crippen LogP contribution < -0.4 is 14.9 Å². The zero-order valence-electron chi connectivity index (χ0n) is 15.9. The van der Waals surface area contributed by atoms with Crippen LogP contribution in [-0.2, 0) is 10.0 Å². The van der Waals surface area contributed by atoms with Gasteiger partial charge in [0.1, 0.15) is 5.75 Å². The van der Waals surface area contributed by atoms with Gasteiger partial charge in [-0.25, -0.2) is 13.8 Å². The predicted molar refractivity (Wildman–Crippen MR) is 117 cm³/mol. The molecule has 3 rings (SSSR count). The van der Waals surface area contributed by atoms with Crippen LogP contribution in [0.2, 0.25) is 5.02 Å². The van der Waals surface area contributed by atoms with Gasteiger partial charge < -0.3 is 4.74 Å². The summed E-state index contributed by atoms with van der Waals surface area (Å²) in [5.74, 6) is 0.301. The van der Waals surface area contributed by atoms with Crippen molar-refractivity contribution < 1.29 is 17.9 Å². The van der Waals surface area contributed by atoms with E-state index in [9.17, 15) is 13.2 Å². The van der Waals surface area contributed by atoms with Crippen molar-refractivity contribution in [3.05, 3.63) is 88.9 Å². The minimum absolute atomic E-state index is 0.0848. The van der Waals surface area contributed by atoms with Crippen LogP contribution in [0.1, 0.15) is 15.9 Å². The molecule has 0 fully saturated rings. The number of hydrogen-bond donors (Lipinski definition) is 2. The van der Waals surface area contributed by atoms with Crippen LogP contribution in [-0.4, -0.2) is 27.6 Å². The largest absolute Gasteiger partial charge is 0.497 e. The second-order valence-corrected chi connectivity index (χ2v) is 8.23. The van der Waals surface area contributed by atoms with E-state index >= 15 is 0 Å². The van der Waals surface area contributed by atoms with Gasteiger partial charge in [0.25, 0.3) is 15.9 Å². The Labute approximate surface area is 179 Å². The summed E-state index contributed by atoms with van der Waals surface area (Å²) in [5.41, 5.74) is 3.87. The lowest BCUT2D eigenvalue weighted by Gasteiger charge is -2.08. The standard InChI is InChI=1S/C21H18ClN3O4S/c1-29-19-10-2-15(3-11-19)14-23-24-21(26)16-4-8-18(9-5-16)25-30(27,28)20-12-6-17(22)7-13-20/h2-14,25H,1H3,(H,24,26). The Bertz CT molecular complexity index is 1140. The Balaban J connectivity index is 1.61. The highest BCUT2D eigenvalue weighted by atomic mass is 35.5. The maximum Gasteiger partial charge on any atom is 0.271 e. The van der Waals surface area contributed by atoms with E-state index in [4.69, 9.17) is 16.3 Å². The van der Waals surface area contributed by atoms with Crippen LogP contribution in [0.4, 0.5) is 5.69 Å². The van der Waals surface area contributed by atoms with Crippen LogP contribution in [0, 0.1) is 0 Å². The maximum absolute atomic E-state index is 12.4. The number of carbonyl (C=O) groups is 1. The van der Waals surface area contributed by atoms with E-state index in [1.807, 2.05) is 0 Å². The molecule has 2 N–H and O–H groups in total. The van der Waals surface area contributed by atoms with E-state index in [0.717, 1.165) is 11.3 Å². The van der Waals surface area contributed by atoms with E-state index in [1.165, 1.54) is 54.7 Å². The first-order chi connectivity index (χ1) is 14.4. The molecule has 3 aromatic rings. The number of nitrogens with one attached hydrogen (secondary N) is 2. The molecule has 3 aromatic carbocycles. The first kappa shape index (κ1) is 21.4. The second kappa shape index (κ2) is 9.43. The van der Waals surface area contributed by atoms with Crippen LogP contribution in [0.25, 0.3) is 0 Å². The van der Waals surface area contributed by atoms with Crippen molar-refractivity contribution in [2.45, 2.75) is 4.90 Å². The summed E-state index contributed by atoms with van der Waals surface area (Å²) in [6.45, 7) is 0. The van der Waals surface area contributed by atoms with Crippen molar-refractivity contribution in [3.8, 4) is 5.75 Å². The number of anilines is 1. The first-order valence-corrected chi connectivity index (χ1v) is 10.6. The van der Waals surface area contributed by atoms with Crippen LogP contribution in [0.5, 0.6) is 5.75 Å². The number of amides is 1. The average molecular weight is 444 g/mol. The summed E-state index contributed by atoms with van der Waals surface area (Å²) < 4.78 is 32.3. The zero-order valence-corrected chi connectivity index (χ0v) is 17.4. The fourth-order valence-corrected chi connectivity index (χ4v) is 3.62. The number of rotatable bonds is 7. The smallest absolute Gasteiger partial charge is 0.271 e. The molecule has 7 nitrogen and oxygen atoms in total. The highest BCUT2D eigenvalue weighted by molar-refractivity contribution is 7.92. The van der Waals surface area contributed by atoms with Gasteiger partial charge in [-0.05, 0) is 78.4 Å². The topological polar surface area (TPSA) is 96.9 Å². The lowest BCUT2D eigenvalue weighted by molar-refractivity contribution is 0.0955. The van der Waals surface area contributed by atoms with E-state index in [0.29, 0.717) is 16.3 Å². The molecule has 1 amide bonds. The average Bonchev–Trinajstić information content (AvgIpc) is 2.74. The van der Waals surface area contributed by atoms with Gasteiger partial charge in [-0.15, -0.1) is 0 Å². The highest BCUT2D eigenvalue weighted by Gasteiger charge is 2.14. The number of benzene rings is 3. The third kappa shape index (κ3) is 5.59. The fourth-order valence-electron chi connectivity index (χ4n) is 2.44. The third-order valence-electron chi connectivity index (χ3n) is 4.02. The summed E-state index contributed by atoms with van der Waals surface area (Å²) in [5, 5.41) is 4.36. The number of nitrogens with zero attached hydrogens (tertiary/aromatic N) is 1. The van der Waals surface area contributed by atoms with Gasteiger partial charge in [-0.2, -0.15) is 5.10 Å².